The summed E-state index contributed by atoms with van der Waals surface area (Å²) in [4.78, 5) is 28.3. The van der Waals surface area contributed by atoms with Gasteiger partial charge in [-0.3, -0.25) is 9.59 Å². The second kappa shape index (κ2) is 7.98. The predicted molar refractivity (Wildman–Crippen MR) is 111 cm³/mol. The number of nitrogens with two attached hydrogens (primary N) is 1. The minimum absolute atomic E-state index is 0.0332. The van der Waals surface area contributed by atoms with E-state index in [1.807, 2.05) is 0 Å². The summed E-state index contributed by atoms with van der Waals surface area (Å²) < 4.78 is 36.3. The summed E-state index contributed by atoms with van der Waals surface area (Å²) in [5, 5.41) is 7.07. The maximum Gasteiger partial charge on any atom is 0.387 e. The van der Waals surface area contributed by atoms with Gasteiger partial charge < -0.3 is 20.5 Å². The first-order valence-electron chi connectivity index (χ1n) is 10.5. The second-order valence-electron chi connectivity index (χ2n) is 8.58. The Balaban J connectivity index is 1.14. The first-order chi connectivity index (χ1) is 15.8. The van der Waals surface area contributed by atoms with E-state index in [1.165, 1.54) is 29.0 Å². The minimum Gasteiger partial charge on any atom is -0.474 e. The highest BCUT2D eigenvalue weighted by molar-refractivity contribution is 6.00. The van der Waals surface area contributed by atoms with E-state index in [0.717, 1.165) is 25.7 Å². The fourth-order valence-corrected chi connectivity index (χ4v) is 4.82. The number of nitrogens with one attached hydrogen (secondary N) is 1. The fraction of sp³-hybridized carbons (Fsp3) is 0.364. The third-order valence-corrected chi connectivity index (χ3v) is 6.29. The molecule has 0 saturated heterocycles. The molecule has 3 heterocycles. The molecule has 0 aromatic carbocycles. The molecule has 3 aromatic rings. The van der Waals surface area contributed by atoms with E-state index in [9.17, 15) is 18.4 Å². The molecule has 2 aliphatic rings. The number of carbonyl (C=O) groups is 2. The van der Waals surface area contributed by atoms with Crippen molar-refractivity contribution >= 4 is 17.3 Å². The lowest BCUT2D eigenvalue weighted by atomic mass is 9.53. The Bertz CT molecular complexity index is 1220. The lowest BCUT2D eigenvalue weighted by Gasteiger charge is -2.57. The molecule has 0 atom stereocenters. The number of ether oxygens (including phenoxy) is 2. The smallest absolute Gasteiger partial charge is 0.387 e. The average molecular weight is 457 g/mol. The van der Waals surface area contributed by atoms with Crippen LogP contribution in [0.1, 0.15) is 46.4 Å². The van der Waals surface area contributed by atoms with E-state index < -0.39 is 12.5 Å². The molecule has 33 heavy (non-hydrogen) atoms. The predicted octanol–water partition coefficient (Wildman–Crippen LogP) is 2.55. The van der Waals surface area contributed by atoms with Gasteiger partial charge in [-0.1, -0.05) is 0 Å². The third kappa shape index (κ3) is 4.06. The number of rotatable bonds is 7. The van der Waals surface area contributed by atoms with Gasteiger partial charge in [-0.05, 0) is 55.4 Å². The molecule has 0 bridgehead atoms. The summed E-state index contributed by atoms with van der Waals surface area (Å²) in [5.41, 5.74) is 6.61. The molecular formula is C22H21F2N5O4. The van der Waals surface area contributed by atoms with Gasteiger partial charge in [0.05, 0.1) is 23.5 Å². The van der Waals surface area contributed by atoms with E-state index in [4.69, 9.17) is 10.5 Å². The molecule has 0 unspecified atom stereocenters. The molecule has 0 aliphatic heterocycles. The van der Waals surface area contributed by atoms with E-state index in [2.05, 4.69) is 20.1 Å². The molecule has 9 nitrogen and oxygen atoms in total. The lowest BCUT2D eigenvalue weighted by Crippen LogP contribution is -2.58. The van der Waals surface area contributed by atoms with Crippen molar-refractivity contribution in [1.29, 1.82) is 0 Å². The highest BCUT2D eigenvalue weighted by atomic mass is 19.3. The number of pyridine rings is 2. The summed E-state index contributed by atoms with van der Waals surface area (Å²) in [5.74, 6) is -0.628. The molecule has 3 aromatic heterocycles. The monoisotopic (exact) mass is 457 g/mol. The summed E-state index contributed by atoms with van der Waals surface area (Å²) in [7, 11) is 0. The summed E-state index contributed by atoms with van der Waals surface area (Å²) >= 11 is 0. The van der Waals surface area contributed by atoms with E-state index in [-0.39, 0.29) is 40.7 Å². The number of primary amides is 1. The van der Waals surface area contributed by atoms with E-state index in [1.54, 1.807) is 18.3 Å². The highest BCUT2D eigenvalue weighted by Crippen LogP contribution is 2.56. The van der Waals surface area contributed by atoms with Crippen LogP contribution in [0.5, 0.6) is 11.6 Å². The van der Waals surface area contributed by atoms with Gasteiger partial charge in [0.1, 0.15) is 17.4 Å². The summed E-state index contributed by atoms with van der Waals surface area (Å²) in [6.07, 6.45) is 7.51. The van der Waals surface area contributed by atoms with Crippen molar-refractivity contribution in [2.24, 2.45) is 11.1 Å². The van der Waals surface area contributed by atoms with Gasteiger partial charge in [0.2, 0.25) is 5.88 Å². The Morgan fingerprint density at radius 1 is 1.18 bits per heavy atom. The largest absolute Gasteiger partial charge is 0.474 e. The van der Waals surface area contributed by atoms with Crippen molar-refractivity contribution < 1.29 is 27.8 Å². The molecule has 2 saturated carbocycles. The average Bonchev–Trinajstić information content (AvgIpc) is 3.13. The van der Waals surface area contributed by atoms with Gasteiger partial charge in [-0.15, -0.1) is 0 Å². The Labute approximate surface area is 186 Å². The number of nitrogens with zero attached hydrogens (tertiary/aromatic N) is 3. The van der Waals surface area contributed by atoms with E-state index >= 15 is 0 Å². The third-order valence-electron chi connectivity index (χ3n) is 6.29. The van der Waals surface area contributed by atoms with Crippen LogP contribution in [0.2, 0.25) is 0 Å². The molecule has 1 spiro atoms. The van der Waals surface area contributed by atoms with Crippen LogP contribution in [-0.2, 0) is 0 Å². The quantitative estimate of drug-likeness (QED) is 0.563. The molecule has 0 radical (unpaired) electrons. The van der Waals surface area contributed by atoms with Crippen molar-refractivity contribution in [3.8, 4) is 11.6 Å². The zero-order valence-electron chi connectivity index (χ0n) is 17.4. The van der Waals surface area contributed by atoms with Crippen LogP contribution in [0, 0.1) is 5.41 Å². The van der Waals surface area contributed by atoms with Crippen molar-refractivity contribution in [2.75, 3.05) is 0 Å². The topological polar surface area (TPSA) is 121 Å². The number of aromatic nitrogens is 3. The molecule has 2 aliphatic carbocycles. The van der Waals surface area contributed by atoms with Crippen molar-refractivity contribution in [1.82, 2.24) is 19.9 Å². The molecule has 172 valence electrons. The molecule has 2 amide bonds. The van der Waals surface area contributed by atoms with Gasteiger partial charge in [0.15, 0.2) is 0 Å². The van der Waals surface area contributed by atoms with Crippen molar-refractivity contribution in [3.63, 3.8) is 0 Å². The SMILES string of the molecule is NC(=O)c1cccnc1OC1CC2(CC(NC(=O)c3cnn4cc(OC(F)F)ccc34)C2)C1. The first kappa shape index (κ1) is 21.1. The van der Waals surface area contributed by atoms with Gasteiger partial charge in [-0.2, -0.15) is 13.9 Å². The van der Waals surface area contributed by atoms with Gasteiger partial charge >= 0.3 is 6.61 Å². The van der Waals surface area contributed by atoms with E-state index in [0.29, 0.717) is 11.1 Å². The number of amides is 2. The maximum absolute atomic E-state index is 12.7. The van der Waals surface area contributed by atoms with Gasteiger partial charge in [0, 0.05) is 12.2 Å². The fourth-order valence-electron chi connectivity index (χ4n) is 4.82. The number of hydrogen-bond donors (Lipinski definition) is 2. The minimum atomic E-state index is -2.93. The Morgan fingerprint density at radius 3 is 2.70 bits per heavy atom. The summed E-state index contributed by atoms with van der Waals surface area (Å²) in [6, 6.07) is 6.15. The van der Waals surface area contributed by atoms with Crippen LogP contribution in [0.25, 0.3) is 5.52 Å². The second-order valence-corrected chi connectivity index (χ2v) is 8.58. The normalized spacial score (nSPS) is 23.7. The molecular weight excluding hydrogens is 436 g/mol. The zero-order valence-corrected chi connectivity index (χ0v) is 17.4. The van der Waals surface area contributed by atoms with Crippen LogP contribution in [0.15, 0.2) is 42.9 Å². The Morgan fingerprint density at radius 2 is 1.97 bits per heavy atom. The van der Waals surface area contributed by atoms with Gasteiger partial charge in [-0.25, -0.2) is 9.50 Å². The lowest BCUT2D eigenvalue weighted by molar-refractivity contribution is -0.0848. The van der Waals surface area contributed by atoms with Gasteiger partial charge in [0.25, 0.3) is 11.8 Å². The van der Waals surface area contributed by atoms with Crippen LogP contribution >= 0.6 is 0 Å². The number of carbonyl (C=O) groups excluding carboxylic acids is 2. The van der Waals surface area contributed by atoms with Crippen LogP contribution in [-0.4, -0.2) is 45.2 Å². The molecule has 11 heteroatoms. The number of fused-ring (bicyclic) bond motifs is 1. The van der Waals surface area contributed by atoms with Crippen LogP contribution in [0.4, 0.5) is 8.78 Å². The maximum atomic E-state index is 12.7. The molecule has 3 N–H and O–H groups in total. The number of hydrogen-bond acceptors (Lipinski definition) is 6. The standard InChI is InChI=1S/C22H21F2N5O4/c23-21(24)33-13-3-4-17-16(10-27-29(17)11-13)19(31)28-12-6-22(7-12)8-14(9-22)32-20-15(18(25)30)2-1-5-26-20/h1-5,10-12,14,21H,6-9H2,(H2,25,30)(H,28,31). The molecule has 5 rings (SSSR count). The Hall–Kier alpha value is -3.76. The zero-order chi connectivity index (χ0) is 23.2. The van der Waals surface area contributed by atoms with Crippen molar-refractivity contribution in [2.45, 2.75) is 44.4 Å². The number of alkyl halides is 2. The van der Waals surface area contributed by atoms with Crippen LogP contribution in [0.3, 0.4) is 0 Å². The highest BCUT2D eigenvalue weighted by Gasteiger charge is 2.54. The Kier molecular flexibility index (Phi) is 5.10. The van der Waals surface area contributed by atoms with Crippen molar-refractivity contribution in [3.05, 3.63) is 54.0 Å². The molecule has 2 fully saturated rings. The number of halogens is 2. The summed E-state index contributed by atoms with van der Waals surface area (Å²) in [6.45, 7) is -2.93. The first-order valence-corrected chi connectivity index (χ1v) is 10.5. The van der Waals surface area contributed by atoms with Crippen LogP contribution < -0.4 is 20.5 Å².